The number of aromatic nitrogens is 1. The van der Waals surface area contributed by atoms with Crippen molar-refractivity contribution in [2.75, 3.05) is 4.72 Å². The molecule has 2 heterocycles. The van der Waals surface area contributed by atoms with Gasteiger partial charge in [-0.2, -0.15) is 5.26 Å². The average Bonchev–Trinajstić information content (AvgIpc) is 3.03. The maximum atomic E-state index is 13.0. The van der Waals surface area contributed by atoms with Crippen LogP contribution >= 0.6 is 22.9 Å². The van der Waals surface area contributed by atoms with E-state index in [0.717, 1.165) is 21.6 Å². The number of hydrogen-bond acceptors (Lipinski definition) is 5. The summed E-state index contributed by atoms with van der Waals surface area (Å²) in [4.78, 5) is 6.04. The summed E-state index contributed by atoms with van der Waals surface area (Å²) < 4.78 is 28.7. The first kappa shape index (κ1) is 20.4. The molecule has 0 aliphatic rings. The summed E-state index contributed by atoms with van der Waals surface area (Å²) in [5, 5.41) is 10.4. The number of rotatable bonds is 4. The van der Waals surface area contributed by atoms with Crippen LogP contribution in [-0.4, -0.2) is 13.4 Å². The number of halogens is 1. The van der Waals surface area contributed by atoms with Crippen molar-refractivity contribution in [2.24, 2.45) is 0 Å². The fourth-order valence-electron chi connectivity index (χ4n) is 3.33. The van der Waals surface area contributed by atoms with Crippen LogP contribution in [0.5, 0.6) is 0 Å². The Morgan fingerprint density at radius 1 is 1.10 bits per heavy atom. The smallest absolute Gasteiger partial charge is 0.261 e. The number of pyridine rings is 1. The second kappa shape index (κ2) is 7.73. The minimum Gasteiger partial charge on any atom is -0.279 e. The van der Waals surface area contributed by atoms with E-state index in [1.807, 2.05) is 44.2 Å². The number of benzene rings is 2. The van der Waals surface area contributed by atoms with Crippen molar-refractivity contribution in [3.8, 4) is 17.2 Å². The summed E-state index contributed by atoms with van der Waals surface area (Å²) in [5.74, 6) is 0. The molecule has 0 aliphatic carbocycles. The molecule has 0 radical (unpaired) electrons. The Bertz CT molecular complexity index is 1440. The molecule has 2 aromatic heterocycles. The average molecular weight is 454 g/mol. The molecule has 0 fully saturated rings. The van der Waals surface area contributed by atoms with Crippen molar-refractivity contribution in [1.29, 1.82) is 5.26 Å². The van der Waals surface area contributed by atoms with Crippen molar-refractivity contribution < 1.29 is 8.42 Å². The van der Waals surface area contributed by atoms with Gasteiger partial charge < -0.3 is 0 Å². The van der Waals surface area contributed by atoms with Gasteiger partial charge in [0.05, 0.1) is 10.6 Å². The summed E-state index contributed by atoms with van der Waals surface area (Å²) in [6.45, 7) is 3.97. The Hall–Kier alpha value is -2.92. The molecule has 30 heavy (non-hydrogen) atoms. The molecule has 4 rings (SSSR count). The van der Waals surface area contributed by atoms with E-state index in [0.29, 0.717) is 20.9 Å². The highest BCUT2D eigenvalue weighted by molar-refractivity contribution is 7.92. The molecule has 0 spiro atoms. The van der Waals surface area contributed by atoms with Crippen LogP contribution in [0.2, 0.25) is 5.02 Å². The first-order valence-corrected chi connectivity index (χ1v) is 11.7. The van der Waals surface area contributed by atoms with E-state index in [-0.39, 0.29) is 10.6 Å². The highest BCUT2D eigenvalue weighted by Crippen LogP contribution is 2.42. The fourth-order valence-corrected chi connectivity index (χ4v) is 5.77. The third-order valence-electron chi connectivity index (χ3n) is 4.61. The second-order valence-corrected chi connectivity index (χ2v) is 10.1. The number of nitrogens with one attached hydrogen (secondary N) is 1. The molecule has 4 aromatic rings. The molecule has 8 heteroatoms. The number of sulfonamides is 1. The molecular formula is C22H16ClN3O2S2. The van der Waals surface area contributed by atoms with Gasteiger partial charge in [0.1, 0.15) is 16.6 Å². The minimum absolute atomic E-state index is 0.0440. The third-order valence-corrected chi connectivity index (χ3v) is 7.21. The van der Waals surface area contributed by atoms with Gasteiger partial charge in [-0.1, -0.05) is 47.5 Å². The van der Waals surface area contributed by atoms with Crippen LogP contribution < -0.4 is 4.72 Å². The summed E-state index contributed by atoms with van der Waals surface area (Å²) >= 11 is 7.41. The van der Waals surface area contributed by atoms with Gasteiger partial charge in [0.25, 0.3) is 10.0 Å². The zero-order valence-corrected chi connectivity index (χ0v) is 18.5. The lowest BCUT2D eigenvalue weighted by Crippen LogP contribution is -2.13. The number of nitrogens with zero attached hydrogens (tertiary/aromatic N) is 2. The van der Waals surface area contributed by atoms with E-state index in [1.54, 1.807) is 12.1 Å². The van der Waals surface area contributed by atoms with Gasteiger partial charge in [0.2, 0.25) is 0 Å². The lowest BCUT2D eigenvalue weighted by Gasteiger charge is -2.12. The lowest BCUT2D eigenvalue weighted by atomic mass is 10.0. The number of nitriles is 1. The quantitative estimate of drug-likeness (QED) is 0.416. The van der Waals surface area contributed by atoms with E-state index in [2.05, 4.69) is 9.71 Å². The number of fused-ring (bicyclic) bond motifs is 1. The zero-order valence-electron chi connectivity index (χ0n) is 16.1. The Morgan fingerprint density at radius 2 is 1.87 bits per heavy atom. The predicted octanol–water partition coefficient (Wildman–Crippen LogP) is 5.91. The molecule has 0 aliphatic heterocycles. The van der Waals surface area contributed by atoms with Gasteiger partial charge in [-0.25, -0.2) is 13.4 Å². The maximum absolute atomic E-state index is 13.0. The van der Waals surface area contributed by atoms with Crippen LogP contribution in [-0.2, 0) is 10.0 Å². The summed E-state index contributed by atoms with van der Waals surface area (Å²) in [6, 6.07) is 17.5. The van der Waals surface area contributed by atoms with Crippen molar-refractivity contribution in [3.63, 3.8) is 0 Å². The van der Waals surface area contributed by atoms with E-state index >= 15 is 0 Å². The van der Waals surface area contributed by atoms with Crippen molar-refractivity contribution in [2.45, 2.75) is 18.7 Å². The molecule has 0 saturated carbocycles. The predicted molar refractivity (Wildman–Crippen MR) is 122 cm³/mol. The van der Waals surface area contributed by atoms with Gasteiger partial charge in [-0.15, -0.1) is 11.3 Å². The Labute approximate surface area is 183 Å². The maximum Gasteiger partial charge on any atom is 0.261 e. The summed E-state index contributed by atoms with van der Waals surface area (Å²) in [7, 11) is -3.92. The highest BCUT2D eigenvalue weighted by atomic mass is 35.5. The molecule has 0 amide bonds. The van der Waals surface area contributed by atoms with E-state index in [1.165, 1.54) is 29.5 Å². The number of anilines is 1. The zero-order chi connectivity index (χ0) is 21.5. The van der Waals surface area contributed by atoms with Crippen molar-refractivity contribution in [3.05, 3.63) is 75.8 Å². The summed E-state index contributed by atoms with van der Waals surface area (Å²) in [6.07, 6.45) is 0. The van der Waals surface area contributed by atoms with Gasteiger partial charge >= 0.3 is 0 Å². The van der Waals surface area contributed by atoms with Crippen LogP contribution in [0, 0.1) is 25.2 Å². The van der Waals surface area contributed by atoms with Gasteiger partial charge in [-0.3, -0.25) is 4.72 Å². The fraction of sp³-hybridized carbons (Fsp3) is 0.0909. The highest BCUT2D eigenvalue weighted by Gasteiger charge is 2.22. The number of hydrogen-bond donors (Lipinski definition) is 1. The SMILES string of the molecule is Cc1cccc(-c2c(C)sc3nc(C#N)cc(NS(=O)(=O)c4cccc(Cl)c4)c23)c1. The molecule has 150 valence electrons. The summed E-state index contributed by atoms with van der Waals surface area (Å²) in [5.41, 5.74) is 3.42. The largest absolute Gasteiger partial charge is 0.279 e. The standard InChI is InChI=1S/C22H16ClN3O2S2/c1-13-5-3-6-15(9-13)20-14(2)29-22-21(20)19(11-17(12-24)25-22)26-30(27,28)18-8-4-7-16(23)10-18/h3-11H,1-2H3,(H,25,26). The van der Waals surface area contributed by atoms with Crippen LogP contribution in [0.4, 0.5) is 5.69 Å². The van der Waals surface area contributed by atoms with Gasteiger partial charge in [0.15, 0.2) is 0 Å². The molecule has 5 nitrogen and oxygen atoms in total. The third kappa shape index (κ3) is 3.77. The molecular weight excluding hydrogens is 438 g/mol. The monoisotopic (exact) mass is 453 g/mol. The number of aryl methyl sites for hydroxylation is 2. The first-order valence-electron chi connectivity index (χ1n) is 8.98. The topological polar surface area (TPSA) is 82.8 Å². The van der Waals surface area contributed by atoms with Crippen molar-refractivity contribution in [1.82, 2.24) is 4.98 Å². The van der Waals surface area contributed by atoms with E-state index in [9.17, 15) is 13.7 Å². The first-order chi connectivity index (χ1) is 14.3. The van der Waals surface area contributed by atoms with Crippen molar-refractivity contribution >= 4 is 48.9 Å². The van der Waals surface area contributed by atoms with Crippen LogP contribution in [0.1, 0.15) is 16.1 Å². The van der Waals surface area contributed by atoms with Gasteiger partial charge in [-0.05, 0) is 43.7 Å². The molecule has 0 bridgehead atoms. The van der Waals surface area contributed by atoms with Crippen LogP contribution in [0.3, 0.4) is 0 Å². The Kier molecular flexibility index (Phi) is 5.24. The number of thiophene rings is 1. The minimum atomic E-state index is -3.92. The Morgan fingerprint density at radius 3 is 2.57 bits per heavy atom. The molecule has 0 saturated heterocycles. The lowest BCUT2D eigenvalue weighted by molar-refractivity contribution is 0.601. The normalized spacial score (nSPS) is 11.4. The molecule has 0 unspecified atom stereocenters. The van der Waals surface area contributed by atoms with Gasteiger partial charge in [0, 0.05) is 20.8 Å². The molecule has 1 N–H and O–H groups in total. The Balaban J connectivity index is 1.96. The molecule has 0 atom stereocenters. The molecule has 2 aromatic carbocycles. The second-order valence-electron chi connectivity index (χ2n) is 6.81. The van der Waals surface area contributed by atoms with E-state index in [4.69, 9.17) is 11.6 Å². The van der Waals surface area contributed by atoms with Crippen LogP contribution in [0.15, 0.2) is 59.5 Å². The van der Waals surface area contributed by atoms with Crippen LogP contribution in [0.25, 0.3) is 21.3 Å². The van der Waals surface area contributed by atoms with E-state index < -0.39 is 10.0 Å².